The molecule has 0 aliphatic heterocycles. The molecule has 0 unspecified atom stereocenters. The number of benzene rings is 1. The molecule has 22 heavy (non-hydrogen) atoms. The van der Waals surface area contributed by atoms with Crippen LogP contribution in [0.2, 0.25) is 0 Å². The highest BCUT2D eigenvalue weighted by Crippen LogP contribution is 2.18. The zero-order valence-corrected chi connectivity index (χ0v) is 12.3. The molecule has 0 aliphatic rings. The third-order valence-electron chi connectivity index (χ3n) is 2.95. The summed E-state index contributed by atoms with van der Waals surface area (Å²) in [5.74, 6) is 0.162. The van der Waals surface area contributed by atoms with Gasteiger partial charge in [0.2, 0.25) is 0 Å². The van der Waals surface area contributed by atoms with Crippen LogP contribution in [0.3, 0.4) is 0 Å². The number of ketones is 1. The fourth-order valence-corrected chi connectivity index (χ4v) is 1.93. The summed E-state index contributed by atoms with van der Waals surface area (Å²) in [6, 6.07) is 5.99. The van der Waals surface area contributed by atoms with Gasteiger partial charge in [-0.3, -0.25) is 14.9 Å². The van der Waals surface area contributed by atoms with Crippen LogP contribution in [0.15, 0.2) is 36.9 Å². The van der Waals surface area contributed by atoms with Crippen molar-refractivity contribution >= 4 is 23.2 Å². The van der Waals surface area contributed by atoms with Crippen molar-refractivity contribution in [3.8, 4) is 0 Å². The minimum Gasteiger partial charge on any atom is -0.292 e. The average Bonchev–Trinajstić information content (AvgIpc) is 2.98. The second-order valence-corrected chi connectivity index (χ2v) is 5.24. The highest BCUT2D eigenvalue weighted by Gasteiger charge is 2.14. The predicted molar refractivity (Wildman–Crippen MR) is 81.7 cm³/mol. The Morgan fingerprint density at radius 3 is 2.55 bits per heavy atom. The van der Waals surface area contributed by atoms with Crippen LogP contribution in [0, 0.1) is 16.0 Å². The van der Waals surface area contributed by atoms with E-state index in [1.54, 1.807) is 18.2 Å². The van der Waals surface area contributed by atoms with Gasteiger partial charge in [0, 0.05) is 18.6 Å². The summed E-state index contributed by atoms with van der Waals surface area (Å²) in [6.07, 6.45) is 4.85. The van der Waals surface area contributed by atoms with Crippen LogP contribution in [0.4, 0.5) is 5.69 Å². The van der Waals surface area contributed by atoms with Crippen molar-refractivity contribution in [1.29, 1.82) is 0 Å². The van der Waals surface area contributed by atoms with Gasteiger partial charge < -0.3 is 0 Å². The smallest absolute Gasteiger partial charge is 0.269 e. The fourth-order valence-electron chi connectivity index (χ4n) is 1.93. The standard InChI is InChI=1S/C15H16N4O3/c1-11(2)7-15(20)14(18-10-16-9-17-18)8-12-3-5-13(6-4-12)19(21)22/h3-6,8-11H,7H2,1-2H3. The van der Waals surface area contributed by atoms with Gasteiger partial charge in [-0.1, -0.05) is 13.8 Å². The van der Waals surface area contributed by atoms with E-state index in [2.05, 4.69) is 10.1 Å². The number of carbonyl (C=O) groups excluding carboxylic acids is 1. The first kappa shape index (κ1) is 15.6. The lowest BCUT2D eigenvalue weighted by molar-refractivity contribution is -0.384. The molecule has 114 valence electrons. The van der Waals surface area contributed by atoms with Gasteiger partial charge in [0.15, 0.2) is 5.78 Å². The van der Waals surface area contributed by atoms with Crippen molar-refractivity contribution in [1.82, 2.24) is 14.8 Å². The molecular weight excluding hydrogens is 284 g/mol. The zero-order chi connectivity index (χ0) is 16.1. The second kappa shape index (κ2) is 6.75. The van der Waals surface area contributed by atoms with Crippen LogP contribution in [-0.4, -0.2) is 25.5 Å². The van der Waals surface area contributed by atoms with E-state index < -0.39 is 4.92 Å². The molecule has 7 heteroatoms. The Balaban J connectivity index is 2.36. The number of carbonyl (C=O) groups is 1. The van der Waals surface area contributed by atoms with Crippen molar-refractivity contribution in [2.45, 2.75) is 20.3 Å². The van der Waals surface area contributed by atoms with Crippen LogP contribution in [0.1, 0.15) is 25.8 Å². The van der Waals surface area contributed by atoms with Crippen molar-refractivity contribution in [3.63, 3.8) is 0 Å². The van der Waals surface area contributed by atoms with E-state index >= 15 is 0 Å². The van der Waals surface area contributed by atoms with Crippen LogP contribution in [0.25, 0.3) is 11.8 Å². The van der Waals surface area contributed by atoms with E-state index in [1.807, 2.05) is 13.8 Å². The molecule has 2 rings (SSSR count). The molecule has 0 N–H and O–H groups in total. The molecule has 0 saturated carbocycles. The molecule has 0 atom stereocenters. The van der Waals surface area contributed by atoms with Crippen molar-refractivity contribution in [2.75, 3.05) is 0 Å². The second-order valence-electron chi connectivity index (χ2n) is 5.24. The maximum Gasteiger partial charge on any atom is 0.269 e. The summed E-state index contributed by atoms with van der Waals surface area (Å²) in [5, 5.41) is 14.7. The molecule has 7 nitrogen and oxygen atoms in total. The molecule has 0 aliphatic carbocycles. The number of nitro groups is 1. The molecule has 1 heterocycles. The third kappa shape index (κ3) is 3.85. The van der Waals surface area contributed by atoms with Gasteiger partial charge in [-0.15, -0.1) is 0 Å². The number of aromatic nitrogens is 3. The molecule has 1 aromatic heterocycles. The van der Waals surface area contributed by atoms with E-state index in [1.165, 1.54) is 29.5 Å². The Hall–Kier alpha value is -2.83. The Morgan fingerprint density at radius 2 is 2.05 bits per heavy atom. The van der Waals surface area contributed by atoms with Crippen LogP contribution < -0.4 is 0 Å². The summed E-state index contributed by atoms with van der Waals surface area (Å²) < 4.78 is 1.41. The van der Waals surface area contributed by atoms with Crippen molar-refractivity contribution in [3.05, 3.63) is 52.6 Å². The van der Waals surface area contributed by atoms with Crippen LogP contribution in [-0.2, 0) is 4.79 Å². The van der Waals surface area contributed by atoms with Crippen molar-refractivity contribution in [2.24, 2.45) is 5.92 Å². The monoisotopic (exact) mass is 300 g/mol. The lowest BCUT2D eigenvalue weighted by Crippen LogP contribution is -2.11. The lowest BCUT2D eigenvalue weighted by atomic mass is 10.0. The van der Waals surface area contributed by atoms with E-state index in [4.69, 9.17) is 0 Å². The molecule has 0 fully saturated rings. The first-order valence-electron chi connectivity index (χ1n) is 6.81. The quantitative estimate of drug-likeness (QED) is 0.465. The summed E-state index contributed by atoms with van der Waals surface area (Å²) in [7, 11) is 0. The zero-order valence-electron chi connectivity index (χ0n) is 12.3. The Labute approximate surface area is 127 Å². The number of hydrogen-bond donors (Lipinski definition) is 0. The number of nitrogens with zero attached hydrogens (tertiary/aromatic N) is 4. The molecule has 0 bridgehead atoms. The van der Waals surface area contributed by atoms with Gasteiger partial charge in [0.1, 0.15) is 18.4 Å². The van der Waals surface area contributed by atoms with Crippen LogP contribution >= 0.6 is 0 Å². The average molecular weight is 300 g/mol. The molecule has 0 amide bonds. The van der Waals surface area contributed by atoms with E-state index in [9.17, 15) is 14.9 Å². The van der Waals surface area contributed by atoms with Gasteiger partial charge in [0.25, 0.3) is 5.69 Å². The number of Topliss-reactive ketones (excluding diaryl/α,β-unsaturated/α-hetero) is 1. The first-order valence-corrected chi connectivity index (χ1v) is 6.81. The minimum atomic E-state index is -0.463. The van der Waals surface area contributed by atoms with E-state index in [0.29, 0.717) is 17.7 Å². The number of rotatable bonds is 6. The van der Waals surface area contributed by atoms with Crippen LogP contribution in [0.5, 0.6) is 0 Å². The lowest BCUT2D eigenvalue weighted by Gasteiger charge is -2.08. The summed E-state index contributed by atoms with van der Waals surface area (Å²) in [6.45, 7) is 3.92. The van der Waals surface area contributed by atoms with Crippen molar-refractivity contribution < 1.29 is 9.72 Å². The molecule has 0 saturated heterocycles. The fraction of sp³-hybridized carbons (Fsp3) is 0.267. The Kier molecular flexibility index (Phi) is 4.77. The number of hydrogen-bond acceptors (Lipinski definition) is 5. The Morgan fingerprint density at radius 1 is 1.36 bits per heavy atom. The normalized spacial score (nSPS) is 11.7. The maximum absolute atomic E-state index is 12.4. The highest BCUT2D eigenvalue weighted by atomic mass is 16.6. The van der Waals surface area contributed by atoms with Gasteiger partial charge in [-0.25, -0.2) is 9.67 Å². The first-order chi connectivity index (χ1) is 10.5. The predicted octanol–water partition coefficient (Wildman–Crippen LogP) is 2.80. The van der Waals surface area contributed by atoms with E-state index in [0.717, 1.165) is 0 Å². The number of nitro benzene ring substituents is 1. The third-order valence-corrected chi connectivity index (χ3v) is 2.95. The largest absolute Gasteiger partial charge is 0.292 e. The molecule has 1 aromatic carbocycles. The highest BCUT2D eigenvalue weighted by molar-refractivity contribution is 6.19. The molecule has 2 aromatic rings. The van der Waals surface area contributed by atoms with Gasteiger partial charge >= 0.3 is 0 Å². The Bertz CT molecular complexity index is 688. The summed E-state index contributed by atoms with van der Waals surface area (Å²) in [4.78, 5) is 26.4. The van der Waals surface area contributed by atoms with Gasteiger partial charge in [-0.2, -0.15) is 5.10 Å². The molecular formula is C15H16N4O3. The minimum absolute atomic E-state index is 0.00737. The topological polar surface area (TPSA) is 90.9 Å². The van der Waals surface area contributed by atoms with Gasteiger partial charge in [0.05, 0.1) is 4.92 Å². The molecule has 0 spiro atoms. The van der Waals surface area contributed by atoms with E-state index in [-0.39, 0.29) is 17.4 Å². The summed E-state index contributed by atoms with van der Waals surface area (Å²) >= 11 is 0. The molecule has 0 radical (unpaired) electrons. The number of allylic oxidation sites excluding steroid dienone is 1. The SMILES string of the molecule is CC(C)CC(=O)C(=Cc1ccc([N+](=O)[O-])cc1)n1cncn1. The van der Waals surface area contributed by atoms with Gasteiger partial charge in [-0.05, 0) is 29.7 Å². The maximum atomic E-state index is 12.4. The number of non-ortho nitro benzene ring substituents is 1. The summed E-state index contributed by atoms with van der Waals surface area (Å²) in [5.41, 5.74) is 1.08.